The predicted molar refractivity (Wildman–Crippen MR) is 87.4 cm³/mol. The molecule has 21 heavy (non-hydrogen) atoms. The van der Waals surface area contributed by atoms with Gasteiger partial charge in [0, 0.05) is 34.7 Å². The fourth-order valence-electron chi connectivity index (χ4n) is 2.03. The molecule has 0 unspecified atom stereocenters. The maximum absolute atomic E-state index is 6.14. The Hall–Kier alpha value is -1.97. The van der Waals surface area contributed by atoms with Crippen molar-refractivity contribution in [2.45, 2.75) is 6.54 Å². The molecule has 106 valence electrons. The first-order valence-electron chi connectivity index (χ1n) is 6.50. The average molecular weight is 318 g/mol. The predicted octanol–water partition coefficient (Wildman–Crippen LogP) is 4.79. The zero-order valence-corrected chi connectivity index (χ0v) is 12.6. The summed E-state index contributed by atoms with van der Waals surface area (Å²) in [5.74, 6) is 0. The molecule has 3 rings (SSSR count). The monoisotopic (exact) mass is 317 g/mol. The Balaban J connectivity index is 1.70. The molecule has 1 N–H and O–H groups in total. The van der Waals surface area contributed by atoms with E-state index in [9.17, 15) is 0 Å². The topological polar surface area (TPSA) is 29.9 Å². The number of anilines is 1. The molecule has 0 amide bonds. The molecule has 0 aliphatic heterocycles. The third-order valence-electron chi connectivity index (χ3n) is 3.13. The summed E-state index contributed by atoms with van der Waals surface area (Å²) in [5, 5.41) is 8.92. The van der Waals surface area contributed by atoms with Crippen molar-refractivity contribution >= 4 is 28.9 Å². The Bertz CT molecular complexity index is 722. The van der Waals surface area contributed by atoms with Crippen molar-refractivity contribution < 1.29 is 0 Å². The lowest BCUT2D eigenvalue weighted by atomic mass is 10.2. The number of aromatic nitrogens is 2. The van der Waals surface area contributed by atoms with Crippen LogP contribution >= 0.6 is 23.2 Å². The van der Waals surface area contributed by atoms with Gasteiger partial charge in [0.25, 0.3) is 0 Å². The van der Waals surface area contributed by atoms with Crippen LogP contribution in [-0.4, -0.2) is 9.78 Å². The van der Waals surface area contributed by atoms with Crippen molar-refractivity contribution in [1.82, 2.24) is 9.78 Å². The molecule has 0 bridgehead atoms. The summed E-state index contributed by atoms with van der Waals surface area (Å²) < 4.78 is 1.82. The zero-order valence-electron chi connectivity index (χ0n) is 11.1. The summed E-state index contributed by atoms with van der Waals surface area (Å²) in [4.78, 5) is 0. The molecule has 1 heterocycles. The second-order valence-corrected chi connectivity index (χ2v) is 5.43. The van der Waals surface area contributed by atoms with Gasteiger partial charge >= 0.3 is 0 Å². The van der Waals surface area contributed by atoms with E-state index < -0.39 is 0 Å². The lowest BCUT2D eigenvalue weighted by Gasteiger charge is -2.09. The fourth-order valence-corrected chi connectivity index (χ4v) is 2.41. The van der Waals surface area contributed by atoms with E-state index in [4.69, 9.17) is 23.2 Å². The van der Waals surface area contributed by atoms with Crippen molar-refractivity contribution in [3.63, 3.8) is 0 Å². The van der Waals surface area contributed by atoms with Gasteiger partial charge in [-0.1, -0.05) is 23.2 Å². The number of hydrogen-bond donors (Lipinski definition) is 1. The largest absolute Gasteiger partial charge is 0.381 e. The Morgan fingerprint density at radius 2 is 1.86 bits per heavy atom. The smallest absolute Gasteiger partial charge is 0.0647 e. The molecule has 0 spiro atoms. The fraction of sp³-hybridized carbons (Fsp3) is 0.0625. The highest BCUT2D eigenvalue weighted by molar-refractivity contribution is 6.33. The van der Waals surface area contributed by atoms with Gasteiger partial charge in [-0.15, -0.1) is 0 Å². The van der Waals surface area contributed by atoms with Crippen LogP contribution in [0.5, 0.6) is 0 Å². The third-order valence-corrected chi connectivity index (χ3v) is 3.73. The van der Waals surface area contributed by atoms with Crippen LogP contribution in [0.1, 0.15) is 5.56 Å². The summed E-state index contributed by atoms with van der Waals surface area (Å²) in [6.45, 7) is 0.626. The van der Waals surface area contributed by atoms with Crippen LogP contribution in [0.3, 0.4) is 0 Å². The molecule has 3 aromatic rings. The zero-order chi connectivity index (χ0) is 14.7. The van der Waals surface area contributed by atoms with Crippen molar-refractivity contribution in [1.29, 1.82) is 0 Å². The molecule has 0 saturated carbocycles. The van der Waals surface area contributed by atoms with Gasteiger partial charge in [0.15, 0.2) is 0 Å². The van der Waals surface area contributed by atoms with E-state index in [-0.39, 0.29) is 0 Å². The van der Waals surface area contributed by atoms with Crippen molar-refractivity contribution in [3.05, 3.63) is 76.5 Å². The van der Waals surface area contributed by atoms with Crippen molar-refractivity contribution in [2.24, 2.45) is 0 Å². The number of nitrogens with one attached hydrogen (secondary N) is 1. The van der Waals surface area contributed by atoms with Crippen LogP contribution < -0.4 is 5.32 Å². The summed E-state index contributed by atoms with van der Waals surface area (Å²) in [6.07, 6.45) is 3.67. The van der Waals surface area contributed by atoms with E-state index in [1.54, 1.807) is 12.3 Å². The average Bonchev–Trinajstić information content (AvgIpc) is 3.03. The van der Waals surface area contributed by atoms with Gasteiger partial charge in [-0.25, -0.2) is 4.68 Å². The molecule has 2 aromatic carbocycles. The standard InChI is InChI=1S/C16H13Cl2N3/c17-13-2-7-16(18)12(10-13)11-19-14-3-5-15(6-4-14)21-9-1-8-20-21/h1-10,19H,11H2. The first kappa shape index (κ1) is 14.0. The normalized spacial score (nSPS) is 10.6. The molecule has 0 radical (unpaired) electrons. The Morgan fingerprint density at radius 3 is 2.57 bits per heavy atom. The van der Waals surface area contributed by atoms with Crippen LogP contribution in [0.15, 0.2) is 60.9 Å². The molecule has 5 heteroatoms. The van der Waals surface area contributed by atoms with Crippen LogP contribution in [0.4, 0.5) is 5.69 Å². The Kier molecular flexibility index (Phi) is 4.13. The van der Waals surface area contributed by atoms with Crippen LogP contribution in [-0.2, 0) is 6.54 Å². The van der Waals surface area contributed by atoms with Crippen molar-refractivity contribution in [3.8, 4) is 5.69 Å². The second-order valence-electron chi connectivity index (χ2n) is 4.59. The second kappa shape index (κ2) is 6.20. The lowest BCUT2D eigenvalue weighted by Crippen LogP contribution is -2.01. The highest BCUT2D eigenvalue weighted by Crippen LogP contribution is 2.22. The molecule has 3 nitrogen and oxygen atoms in total. The summed E-state index contributed by atoms with van der Waals surface area (Å²) in [5.41, 5.74) is 3.01. The van der Waals surface area contributed by atoms with E-state index in [0.717, 1.165) is 16.9 Å². The molecule has 0 aliphatic carbocycles. The molecule has 0 aliphatic rings. The molecular formula is C16H13Cl2N3. The van der Waals surface area contributed by atoms with E-state index in [1.807, 2.05) is 53.3 Å². The molecule has 0 atom stereocenters. The van der Waals surface area contributed by atoms with Crippen LogP contribution in [0, 0.1) is 0 Å². The minimum Gasteiger partial charge on any atom is -0.381 e. The Morgan fingerprint density at radius 1 is 1.05 bits per heavy atom. The van der Waals surface area contributed by atoms with Gasteiger partial charge in [-0.3, -0.25) is 0 Å². The number of nitrogens with zero attached hydrogens (tertiary/aromatic N) is 2. The number of rotatable bonds is 4. The lowest BCUT2D eigenvalue weighted by molar-refractivity contribution is 0.880. The van der Waals surface area contributed by atoms with E-state index >= 15 is 0 Å². The highest BCUT2D eigenvalue weighted by atomic mass is 35.5. The van der Waals surface area contributed by atoms with E-state index in [2.05, 4.69) is 10.4 Å². The van der Waals surface area contributed by atoms with Crippen LogP contribution in [0.2, 0.25) is 10.0 Å². The first-order valence-corrected chi connectivity index (χ1v) is 7.26. The quantitative estimate of drug-likeness (QED) is 0.749. The number of benzene rings is 2. The maximum atomic E-state index is 6.14. The van der Waals surface area contributed by atoms with E-state index in [1.165, 1.54) is 0 Å². The Labute approximate surface area is 133 Å². The van der Waals surface area contributed by atoms with Gasteiger partial charge in [0.2, 0.25) is 0 Å². The van der Waals surface area contributed by atoms with Gasteiger partial charge in [-0.05, 0) is 54.1 Å². The molecule has 0 fully saturated rings. The molecule has 0 saturated heterocycles. The molecular weight excluding hydrogens is 305 g/mol. The van der Waals surface area contributed by atoms with Crippen LogP contribution in [0.25, 0.3) is 5.69 Å². The third kappa shape index (κ3) is 3.38. The van der Waals surface area contributed by atoms with Gasteiger partial charge < -0.3 is 5.32 Å². The first-order chi connectivity index (χ1) is 10.2. The summed E-state index contributed by atoms with van der Waals surface area (Å²) in [7, 11) is 0. The van der Waals surface area contributed by atoms with Gasteiger partial charge in [0.05, 0.1) is 5.69 Å². The number of halogens is 2. The van der Waals surface area contributed by atoms with Gasteiger partial charge in [-0.2, -0.15) is 5.10 Å². The SMILES string of the molecule is Clc1ccc(Cl)c(CNc2ccc(-n3cccn3)cc2)c1. The minimum absolute atomic E-state index is 0.626. The summed E-state index contributed by atoms with van der Waals surface area (Å²) in [6, 6.07) is 15.4. The van der Waals surface area contributed by atoms with Crippen molar-refractivity contribution in [2.75, 3.05) is 5.32 Å². The molecule has 1 aromatic heterocycles. The number of hydrogen-bond acceptors (Lipinski definition) is 2. The van der Waals surface area contributed by atoms with E-state index in [0.29, 0.717) is 16.6 Å². The maximum Gasteiger partial charge on any atom is 0.0647 e. The minimum atomic E-state index is 0.626. The summed E-state index contributed by atoms with van der Waals surface area (Å²) >= 11 is 12.1. The highest BCUT2D eigenvalue weighted by Gasteiger charge is 2.02. The van der Waals surface area contributed by atoms with Gasteiger partial charge in [0.1, 0.15) is 0 Å².